The van der Waals surface area contributed by atoms with Crippen molar-refractivity contribution in [3.8, 4) is 0 Å². The minimum atomic E-state index is -2.90. The first-order valence-corrected chi connectivity index (χ1v) is 4.13. The summed E-state index contributed by atoms with van der Waals surface area (Å²) in [7, 11) is 0. The molecule has 0 atom stereocenters. The van der Waals surface area contributed by atoms with E-state index in [0.29, 0.717) is 0 Å². The van der Waals surface area contributed by atoms with Gasteiger partial charge in [-0.3, -0.25) is 4.79 Å². The van der Waals surface area contributed by atoms with Crippen LogP contribution in [0, 0.1) is 0 Å². The zero-order valence-corrected chi connectivity index (χ0v) is 8.11. The summed E-state index contributed by atoms with van der Waals surface area (Å²) in [5, 5.41) is -1.13. The van der Waals surface area contributed by atoms with Crippen molar-refractivity contribution in [3.63, 3.8) is 0 Å². The largest absolute Gasteiger partial charge is 0.396 e. The van der Waals surface area contributed by atoms with Gasteiger partial charge in [-0.25, -0.2) is 13.8 Å². The Balaban J connectivity index is 3.35. The Hall–Kier alpha value is -0.940. The number of rotatable bonds is 2. The van der Waals surface area contributed by atoms with Crippen molar-refractivity contribution >= 4 is 34.1 Å². The van der Waals surface area contributed by atoms with Gasteiger partial charge in [0, 0.05) is 0 Å². The van der Waals surface area contributed by atoms with E-state index in [2.05, 4.69) is 4.98 Å². The highest BCUT2D eigenvalue weighted by Crippen LogP contribution is 2.29. The van der Waals surface area contributed by atoms with Crippen LogP contribution in [-0.2, 0) is 0 Å². The van der Waals surface area contributed by atoms with Crippen LogP contribution in [0.15, 0.2) is 6.07 Å². The standard InChI is InChI=1S/C7H4Cl2F2N2O/c8-2-1-3(6(9)14)13-5(4(2)12)7(10)11/h1,7H,12H2. The van der Waals surface area contributed by atoms with E-state index in [1.165, 1.54) is 0 Å². The van der Waals surface area contributed by atoms with Gasteiger partial charge in [0.2, 0.25) is 0 Å². The van der Waals surface area contributed by atoms with Gasteiger partial charge in [-0.05, 0) is 17.7 Å². The van der Waals surface area contributed by atoms with Crippen LogP contribution >= 0.6 is 23.2 Å². The van der Waals surface area contributed by atoms with Crippen LogP contribution in [-0.4, -0.2) is 10.2 Å². The number of hydrogen-bond donors (Lipinski definition) is 1. The monoisotopic (exact) mass is 240 g/mol. The molecule has 3 nitrogen and oxygen atoms in total. The molecule has 7 heteroatoms. The smallest absolute Gasteiger partial charge is 0.282 e. The number of nitrogens with zero attached hydrogens (tertiary/aromatic N) is 1. The summed E-state index contributed by atoms with van der Waals surface area (Å²) in [6, 6.07) is 1.04. The number of aromatic nitrogens is 1. The van der Waals surface area contributed by atoms with Crippen molar-refractivity contribution in [2.75, 3.05) is 5.73 Å². The number of carbonyl (C=O) groups is 1. The van der Waals surface area contributed by atoms with E-state index in [9.17, 15) is 13.6 Å². The van der Waals surface area contributed by atoms with Gasteiger partial charge in [0.1, 0.15) is 11.4 Å². The molecule has 0 bridgehead atoms. The first kappa shape index (κ1) is 11.1. The Labute approximate surface area is 87.8 Å². The van der Waals surface area contributed by atoms with Crippen LogP contribution < -0.4 is 5.73 Å². The quantitative estimate of drug-likeness (QED) is 0.809. The third-order valence-electron chi connectivity index (χ3n) is 1.45. The molecule has 0 fully saturated rings. The Kier molecular flexibility index (Phi) is 3.23. The Morgan fingerprint density at radius 2 is 2.14 bits per heavy atom. The molecule has 0 amide bonds. The average molecular weight is 241 g/mol. The minimum Gasteiger partial charge on any atom is -0.396 e. The summed E-state index contributed by atoms with van der Waals surface area (Å²) < 4.78 is 24.6. The van der Waals surface area contributed by atoms with E-state index in [-0.39, 0.29) is 16.4 Å². The van der Waals surface area contributed by atoms with Crippen molar-refractivity contribution in [3.05, 3.63) is 22.5 Å². The molecule has 0 unspecified atom stereocenters. The van der Waals surface area contributed by atoms with Gasteiger partial charge in [-0.2, -0.15) is 0 Å². The predicted octanol–water partition coefficient (Wildman–Crippen LogP) is 2.63. The Morgan fingerprint density at radius 3 is 2.57 bits per heavy atom. The number of nitrogens with two attached hydrogens (primary N) is 1. The molecule has 14 heavy (non-hydrogen) atoms. The average Bonchev–Trinajstić information content (AvgIpc) is 2.08. The fraction of sp³-hybridized carbons (Fsp3) is 0.143. The third kappa shape index (κ3) is 2.10. The summed E-state index contributed by atoms with van der Waals surface area (Å²) in [6.07, 6.45) is -2.90. The highest BCUT2D eigenvalue weighted by atomic mass is 35.5. The van der Waals surface area contributed by atoms with Crippen LogP contribution in [0.5, 0.6) is 0 Å². The Morgan fingerprint density at radius 1 is 1.57 bits per heavy atom. The molecule has 0 aliphatic carbocycles. The summed E-state index contributed by atoms with van der Waals surface area (Å²) in [5.74, 6) is 0. The lowest BCUT2D eigenvalue weighted by atomic mass is 10.2. The van der Waals surface area contributed by atoms with E-state index in [0.717, 1.165) is 6.07 Å². The molecule has 0 aromatic carbocycles. The normalized spacial score (nSPS) is 10.6. The molecular formula is C7H4Cl2F2N2O. The van der Waals surface area contributed by atoms with Crippen LogP contribution in [0.3, 0.4) is 0 Å². The summed E-state index contributed by atoms with van der Waals surface area (Å²) in [5.41, 5.74) is 3.80. The maximum absolute atomic E-state index is 12.3. The maximum atomic E-state index is 12.3. The van der Waals surface area contributed by atoms with E-state index in [4.69, 9.17) is 28.9 Å². The first-order valence-electron chi connectivity index (χ1n) is 3.37. The molecule has 0 spiro atoms. The van der Waals surface area contributed by atoms with Crippen molar-refractivity contribution in [1.29, 1.82) is 0 Å². The van der Waals surface area contributed by atoms with Gasteiger partial charge in [-0.15, -0.1) is 0 Å². The van der Waals surface area contributed by atoms with E-state index < -0.39 is 17.4 Å². The lowest BCUT2D eigenvalue weighted by Crippen LogP contribution is -2.04. The number of alkyl halides is 2. The predicted molar refractivity (Wildman–Crippen MR) is 48.8 cm³/mol. The van der Waals surface area contributed by atoms with E-state index in [1.54, 1.807) is 0 Å². The van der Waals surface area contributed by atoms with Crippen LogP contribution in [0.4, 0.5) is 14.5 Å². The number of carbonyl (C=O) groups excluding carboxylic acids is 1. The molecule has 1 aromatic heterocycles. The Bertz CT molecular complexity index is 384. The number of hydrogen-bond acceptors (Lipinski definition) is 3. The maximum Gasteiger partial charge on any atom is 0.282 e. The summed E-state index contributed by atoms with van der Waals surface area (Å²) >= 11 is 10.6. The van der Waals surface area contributed by atoms with Crippen molar-refractivity contribution in [2.45, 2.75) is 6.43 Å². The second-order valence-corrected chi connectivity index (χ2v) is 3.11. The minimum absolute atomic E-state index is 0.167. The van der Waals surface area contributed by atoms with Crippen molar-refractivity contribution < 1.29 is 13.6 Å². The van der Waals surface area contributed by atoms with Gasteiger partial charge < -0.3 is 5.73 Å². The third-order valence-corrected chi connectivity index (χ3v) is 1.95. The summed E-state index contributed by atoms with van der Waals surface area (Å²) in [6.45, 7) is 0. The van der Waals surface area contributed by atoms with Crippen molar-refractivity contribution in [1.82, 2.24) is 4.98 Å². The number of pyridine rings is 1. The SMILES string of the molecule is Nc1c(Cl)cc(C(=O)Cl)nc1C(F)F. The molecule has 0 saturated carbocycles. The highest BCUT2D eigenvalue weighted by Gasteiger charge is 2.19. The molecule has 0 aliphatic rings. The fourth-order valence-electron chi connectivity index (χ4n) is 0.809. The van der Waals surface area contributed by atoms with Gasteiger partial charge in [0.25, 0.3) is 11.7 Å². The van der Waals surface area contributed by atoms with Crippen LogP contribution in [0.2, 0.25) is 5.02 Å². The van der Waals surface area contributed by atoms with E-state index in [1.807, 2.05) is 0 Å². The lowest BCUT2D eigenvalue weighted by Gasteiger charge is -2.06. The molecule has 0 saturated heterocycles. The number of nitrogen functional groups attached to an aromatic ring is 1. The molecule has 1 aromatic rings. The topological polar surface area (TPSA) is 56.0 Å². The number of anilines is 1. The van der Waals surface area contributed by atoms with Crippen molar-refractivity contribution in [2.24, 2.45) is 0 Å². The number of halogens is 4. The van der Waals surface area contributed by atoms with Crippen LogP contribution in [0.25, 0.3) is 0 Å². The fourth-order valence-corrected chi connectivity index (χ4v) is 1.11. The van der Waals surface area contributed by atoms with Gasteiger partial charge in [0.15, 0.2) is 0 Å². The summed E-state index contributed by atoms with van der Waals surface area (Å²) in [4.78, 5) is 13.9. The van der Waals surface area contributed by atoms with Gasteiger partial charge in [0.05, 0.1) is 10.7 Å². The van der Waals surface area contributed by atoms with Gasteiger partial charge in [-0.1, -0.05) is 11.6 Å². The molecule has 2 N–H and O–H groups in total. The first-order chi connectivity index (χ1) is 6.43. The zero-order valence-electron chi connectivity index (χ0n) is 6.60. The molecular weight excluding hydrogens is 237 g/mol. The van der Waals surface area contributed by atoms with Crippen LogP contribution in [0.1, 0.15) is 22.6 Å². The van der Waals surface area contributed by atoms with Gasteiger partial charge >= 0.3 is 0 Å². The zero-order chi connectivity index (χ0) is 10.9. The molecule has 1 rings (SSSR count). The molecule has 1 heterocycles. The van der Waals surface area contributed by atoms with E-state index >= 15 is 0 Å². The molecule has 0 aliphatic heterocycles. The second kappa shape index (κ2) is 4.06. The second-order valence-electron chi connectivity index (χ2n) is 2.36. The molecule has 76 valence electrons. The highest BCUT2D eigenvalue weighted by molar-refractivity contribution is 6.67. The lowest BCUT2D eigenvalue weighted by molar-refractivity contribution is 0.107. The molecule has 0 radical (unpaired) electrons.